The molecule has 134 valence electrons. The molecule has 0 saturated carbocycles. The Balaban J connectivity index is 2.05. The summed E-state index contributed by atoms with van der Waals surface area (Å²) in [7, 11) is 0. The van der Waals surface area contributed by atoms with Gasteiger partial charge in [0.1, 0.15) is 0 Å². The highest BCUT2D eigenvalue weighted by Crippen LogP contribution is 2.22. The first-order valence-electron chi connectivity index (χ1n) is 8.61. The molecule has 0 radical (unpaired) electrons. The maximum absolute atomic E-state index is 12.5. The molecule has 2 rings (SSSR count). The third-order valence-corrected chi connectivity index (χ3v) is 5.32. The van der Waals surface area contributed by atoms with E-state index in [0.717, 1.165) is 39.1 Å². The fraction of sp³-hybridized carbons (Fsp3) is 0.611. The molecule has 0 aliphatic carbocycles. The molecule has 1 saturated heterocycles. The molecule has 1 aromatic rings. The average molecular weight is 373 g/mol. The highest BCUT2D eigenvalue weighted by atomic mass is 35.5. The summed E-state index contributed by atoms with van der Waals surface area (Å²) in [6.07, 6.45) is 2.18. The number of hydrogen-bond donors (Lipinski definition) is 1. The lowest BCUT2D eigenvalue weighted by molar-refractivity contribution is 0.00191. The number of benzene rings is 1. The van der Waals surface area contributed by atoms with Crippen molar-refractivity contribution in [1.29, 1.82) is 0 Å². The molecule has 24 heavy (non-hydrogen) atoms. The normalized spacial score (nSPS) is 17.0. The Morgan fingerprint density at radius 3 is 2.54 bits per heavy atom. The van der Waals surface area contributed by atoms with Crippen molar-refractivity contribution in [3.63, 3.8) is 0 Å². The summed E-state index contributed by atoms with van der Waals surface area (Å²) >= 11 is 12.1. The van der Waals surface area contributed by atoms with E-state index in [2.05, 4.69) is 24.1 Å². The zero-order valence-electron chi connectivity index (χ0n) is 14.4. The van der Waals surface area contributed by atoms with Crippen molar-refractivity contribution in [2.24, 2.45) is 5.92 Å². The molecule has 0 spiro atoms. The summed E-state index contributed by atoms with van der Waals surface area (Å²) in [5, 5.41) is 3.98. The van der Waals surface area contributed by atoms with Gasteiger partial charge in [-0.15, -0.1) is 0 Å². The zero-order chi connectivity index (χ0) is 17.5. The molecule has 0 bridgehead atoms. The predicted molar refractivity (Wildman–Crippen MR) is 99.0 cm³/mol. The van der Waals surface area contributed by atoms with Gasteiger partial charge < -0.3 is 10.1 Å². The van der Waals surface area contributed by atoms with Gasteiger partial charge in [-0.3, -0.25) is 9.69 Å². The fourth-order valence-corrected chi connectivity index (χ4v) is 3.68. The van der Waals surface area contributed by atoms with Crippen LogP contribution < -0.4 is 5.32 Å². The first-order chi connectivity index (χ1) is 11.6. The van der Waals surface area contributed by atoms with Gasteiger partial charge in [-0.2, -0.15) is 0 Å². The molecular formula is C18H26Cl2N2O2. The van der Waals surface area contributed by atoms with Crippen molar-refractivity contribution in [1.82, 2.24) is 10.2 Å². The standard InChI is InChI=1S/C18H26Cl2N2O2/c1-3-13(4-2)17(22-7-9-24-10-8-22)12-21-18(23)15-11-14(19)5-6-16(15)20/h5-6,11,13,17H,3-4,7-10,12H2,1-2H3,(H,21,23)/t17-/m0/s1. The van der Waals surface area contributed by atoms with Crippen LogP contribution in [0.5, 0.6) is 0 Å². The molecule has 1 aliphatic rings. The lowest BCUT2D eigenvalue weighted by Crippen LogP contribution is -2.52. The third kappa shape index (κ3) is 5.09. The van der Waals surface area contributed by atoms with Crippen LogP contribution in [0.15, 0.2) is 18.2 Å². The molecule has 0 aromatic heterocycles. The van der Waals surface area contributed by atoms with E-state index < -0.39 is 0 Å². The second-order valence-electron chi connectivity index (χ2n) is 6.13. The molecule has 1 atom stereocenters. The van der Waals surface area contributed by atoms with Gasteiger partial charge in [0.2, 0.25) is 0 Å². The summed E-state index contributed by atoms with van der Waals surface area (Å²) in [6, 6.07) is 5.26. The van der Waals surface area contributed by atoms with Gasteiger partial charge in [0.05, 0.1) is 23.8 Å². The Hall–Kier alpha value is -0.810. The van der Waals surface area contributed by atoms with Gasteiger partial charge in [-0.25, -0.2) is 0 Å². The van der Waals surface area contributed by atoms with Crippen molar-refractivity contribution < 1.29 is 9.53 Å². The minimum absolute atomic E-state index is 0.174. The fourth-order valence-electron chi connectivity index (χ4n) is 3.30. The van der Waals surface area contributed by atoms with E-state index in [4.69, 9.17) is 27.9 Å². The number of rotatable bonds is 7. The van der Waals surface area contributed by atoms with E-state index in [1.54, 1.807) is 18.2 Å². The summed E-state index contributed by atoms with van der Waals surface area (Å²) in [5.41, 5.74) is 0.425. The molecule has 1 amide bonds. The van der Waals surface area contributed by atoms with Crippen molar-refractivity contribution in [3.05, 3.63) is 33.8 Å². The Morgan fingerprint density at radius 2 is 1.92 bits per heavy atom. The SMILES string of the molecule is CCC(CC)[C@H](CNC(=O)c1cc(Cl)ccc1Cl)N1CCOCC1. The molecule has 1 aliphatic heterocycles. The van der Waals surface area contributed by atoms with Crippen molar-refractivity contribution >= 4 is 29.1 Å². The number of carbonyl (C=O) groups is 1. The Bertz CT molecular complexity index is 544. The number of amides is 1. The number of nitrogens with one attached hydrogen (secondary N) is 1. The van der Waals surface area contributed by atoms with Gasteiger partial charge in [0.15, 0.2) is 0 Å². The van der Waals surface area contributed by atoms with E-state index >= 15 is 0 Å². The van der Waals surface area contributed by atoms with Crippen molar-refractivity contribution in [2.45, 2.75) is 32.7 Å². The Morgan fingerprint density at radius 1 is 1.25 bits per heavy atom. The van der Waals surface area contributed by atoms with Gasteiger partial charge >= 0.3 is 0 Å². The minimum atomic E-state index is -0.174. The van der Waals surface area contributed by atoms with E-state index in [0.29, 0.717) is 34.1 Å². The monoisotopic (exact) mass is 372 g/mol. The van der Waals surface area contributed by atoms with Crippen LogP contribution in [0.4, 0.5) is 0 Å². The van der Waals surface area contributed by atoms with Crippen LogP contribution in [0.25, 0.3) is 0 Å². The highest BCUT2D eigenvalue weighted by Gasteiger charge is 2.27. The van der Waals surface area contributed by atoms with Crippen LogP contribution in [-0.4, -0.2) is 49.7 Å². The number of carbonyl (C=O) groups excluding carboxylic acids is 1. The molecule has 1 fully saturated rings. The molecule has 4 nitrogen and oxygen atoms in total. The van der Waals surface area contributed by atoms with E-state index in [-0.39, 0.29) is 5.91 Å². The van der Waals surface area contributed by atoms with Crippen molar-refractivity contribution in [3.8, 4) is 0 Å². The zero-order valence-corrected chi connectivity index (χ0v) is 15.9. The quantitative estimate of drug-likeness (QED) is 0.789. The number of halogens is 2. The van der Waals surface area contributed by atoms with Gasteiger partial charge in [0.25, 0.3) is 5.91 Å². The number of nitrogens with zero attached hydrogens (tertiary/aromatic N) is 1. The van der Waals surface area contributed by atoms with Crippen LogP contribution in [0, 0.1) is 5.92 Å². The molecule has 0 unspecified atom stereocenters. The molecule has 6 heteroatoms. The third-order valence-electron chi connectivity index (χ3n) is 4.75. The number of ether oxygens (including phenoxy) is 1. The molecule has 1 aromatic carbocycles. The molecular weight excluding hydrogens is 347 g/mol. The van der Waals surface area contributed by atoms with Gasteiger partial charge in [-0.1, -0.05) is 49.9 Å². The summed E-state index contributed by atoms with van der Waals surface area (Å²) in [5.74, 6) is 0.366. The molecule has 1 N–H and O–H groups in total. The number of morpholine rings is 1. The summed E-state index contributed by atoms with van der Waals surface area (Å²) in [4.78, 5) is 14.9. The maximum atomic E-state index is 12.5. The van der Waals surface area contributed by atoms with E-state index in [1.807, 2.05) is 0 Å². The van der Waals surface area contributed by atoms with E-state index in [1.165, 1.54) is 0 Å². The Labute approximate surface area is 154 Å². The Kier molecular flexibility index (Phi) is 7.82. The van der Waals surface area contributed by atoms with Crippen LogP contribution in [0.1, 0.15) is 37.0 Å². The van der Waals surface area contributed by atoms with Crippen molar-refractivity contribution in [2.75, 3.05) is 32.8 Å². The first kappa shape index (κ1) is 19.5. The van der Waals surface area contributed by atoms with Crippen LogP contribution in [-0.2, 0) is 4.74 Å². The average Bonchev–Trinajstić information content (AvgIpc) is 2.61. The predicted octanol–water partition coefficient (Wildman–Crippen LogP) is 3.86. The smallest absolute Gasteiger partial charge is 0.252 e. The number of hydrogen-bond acceptors (Lipinski definition) is 3. The lowest BCUT2D eigenvalue weighted by Gasteiger charge is -2.38. The van der Waals surface area contributed by atoms with Gasteiger partial charge in [0, 0.05) is 30.7 Å². The second kappa shape index (κ2) is 9.62. The maximum Gasteiger partial charge on any atom is 0.252 e. The van der Waals surface area contributed by atoms with Crippen LogP contribution in [0.2, 0.25) is 10.0 Å². The highest BCUT2D eigenvalue weighted by molar-refractivity contribution is 6.35. The topological polar surface area (TPSA) is 41.6 Å². The van der Waals surface area contributed by atoms with Crippen LogP contribution >= 0.6 is 23.2 Å². The van der Waals surface area contributed by atoms with E-state index in [9.17, 15) is 4.79 Å². The van der Waals surface area contributed by atoms with Gasteiger partial charge in [-0.05, 0) is 24.1 Å². The summed E-state index contributed by atoms with van der Waals surface area (Å²) in [6.45, 7) is 8.35. The first-order valence-corrected chi connectivity index (χ1v) is 9.37. The minimum Gasteiger partial charge on any atom is -0.379 e. The summed E-state index contributed by atoms with van der Waals surface area (Å²) < 4.78 is 5.46. The molecule has 1 heterocycles. The lowest BCUT2D eigenvalue weighted by atomic mass is 9.92. The largest absolute Gasteiger partial charge is 0.379 e. The second-order valence-corrected chi connectivity index (χ2v) is 6.97. The van der Waals surface area contributed by atoms with Crippen LogP contribution in [0.3, 0.4) is 0 Å².